The number of unbranched alkanes of at least 4 members (excludes halogenated alkanes) is 6. The molecular weight excluding hydrogens is 524 g/mol. The van der Waals surface area contributed by atoms with Crippen molar-refractivity contribution < 1.29 is 19.7 Å². The molecule has 3 aromatic carbocycles. The Balaban J connectivity index is 2.20. The highest BCUT2D eigenvalue weighted by Gasteiger charge is 2.24. The molecule has 0 unspecified atom stereocenters. The number of ether oxygens (including phenoxy) is 2. The Hall–Kier alpha value is -3.22. The van der Waals surface area contributed by atoms with E-state index >= 15 is 0 Å². The SMILES string of the molecule is CCCCCCOc1cc(-c2ccc(N)c(C(C)(C)O)c2)c(-c2ccc(N)c(C(C)(C)O)c2)cc1OCCCCCC. The van der Waals surface area contributed by atoms with Crippen molar-refractivity contribution in [1.29, 1.82) is 0 Å². The molecule has 6 N–H and O–H groups in total. The summed E-state index contributed by atoms with van der Waals surface area (Å²) < 4.78 is 12.7. The van der Waals surface area contributed by atoms with Crippen molar-refractivity contribution >= 4 is 11.4 Å². The Labute approximate surface area is 253 Å². The summed E-state index contributed by atoms with van der Waals surface area (Å²) in [6.07, 6.45) is 8.87. The zero-order valence-electron chi connectivity index (χ0n) is 26.6. The van der Waals surface area contributed by atoms with Gasteiger partial charge in [-0.15, -0.1) is 0 Å². The summed E-state index contributed by atoms with van der Waals surface area (Å²) in [6, 6.07) is 15.6. The molecule has 0 spiro atoms. The molecule has 6 nitrogen and oxygen atoms in total. The number of nitrogen functional groups attached to an aromatic ring is 2. The van der Waals surface area contributed by atoms with E-state index in [0.717, 1.165) is 47.9 Å². The molecule has 0 atom stereocenters. The van der Waals surface area contributed by atoms with Crippen molar-refractivity contribution in [2.24, 2.45) is 0 Å². The van der Waals surface area contributed by atoms with Crippen molar-refractivity contribution in [2.45, 2.75) is 104 Å². The molecule has 0 aromatic heterocycles. The van der Waals surface area contributed by atoms with Gasteiger partial charge in [-0.1, -0.05) is 64.5 Å². The number of anilines is 2. The maximum atomic E-state index is 10.9. The van der Waals surface area contributed by atoms with E-state index in [9.17, 15) is 10.2 Å². The van der Waals surface area contributed by atoms with Crippen LogP contribution in [-0.2, 0) is 11.2 Å². The summed E-state index contributed by atoms with van der Waals surface area (Å²) in [5, 5.41) is 21.7. The van der Waals surface area contributed by atoms with E-state index < -0.39 is 11.2 Å². The second-order valence-electron chi connectivity index (χ2n) is 12.4. The molecule has 0 aliphatic rings. The molecule has 0 heterocycles. The largest absolute Gasteiger partial charge is 0.490 e. The van der Waals surface area contributed by atoms with Gasteiger partial charge in [0.15, 0.2) is 11.5 Å². The summed E-state index contributed by atoms with van der Waals surface area (Å²) in [7, 11) is 0. The van der Waals surface area contributed by atoms with Crippen molar-refractivity contribution in [2.75, 3.05) is 24.7 Å². The maximum absolute atomic E-state index is 10.9. The molecule has 0 aliphatic heterocycles. The van der Waals surface area contributed by atoms with Gasteiger partial charge in [0.25, 0.3) is 0 Å². The van der Waals surface area contributed by atoms with Gasteiger partial charge in [-0.3, -0.25) is 0 Å². The topological polar surface area (TPSA) is 111 Å². The Morgan fingerprint density at radius 3 is 1.29 bits per heavy atom. The zero-order chi connectivity index (χ0) is 30.9. The highest BCUT2D eigenvalue weighted by Crippen LogP contribution is 2.44. The van der Waals surface area contributed by atoms with E-state index in [2.05, 4.69) is 13.8 Å². The third kappa shape index (κ3) is 8.89. The molecule has 0 saturated heterocycles. The summed E-state index contributed by atoms with van der Waals surface area (Å²) in [6.45, 7) is 12.5. The first-order chi connectivity index (χ1) is 19.9. The van der Waals surface area contributed by atoms with Crippen LogP contribution in [0.2, 0.25) is 0 Å². The van der Waals surface area contributed by atoms with Crippen LogP contribution in [0.1, 0.15) is 104 Å². The van der Waals surface area contributed by atoms with E-state index in [1.54, 1.807) is 27.7 Å². The van der Waals surface area contributed by atoms with E-state index in [1.807, 2.05) is 48.5 Å². The summed E-state index contributed by atoms with van der Waals surface area (Å²) in [5.74, 6) is 1.39. The molecule has 0 saturated carbocycles. The Morgan fingerprint density at radius 2 is 0.952 bits per heavy atom. The van der Waals surface area contributed by atoms with Crippen molar-refractivity contribution in [3.8, 4) is 33.8 Å². The van der Waals surface area contributed by atoms with Crippen LogP contribution in [0.15, 0.2) is 48.5 Å². The number of rotatable bonds is 16. The second kappa shape index (κ2) is 14.8. The number of aliphatic hydroxyl groups is 2. The quantitative estimate of drug-likeness (QED) is 0.100. The molecule has 230 valence electrons. The van der Waals surface area contributed by atoms with Gasteiger partial charge in [-0.25, -0.2) is 0 Å². The number of hydrogen-bond acceptors (Lipinski definition) is 6. The van der Waals surface area contributed by atoms with Crippen molar-refractivity contribution in [3.05, 3.63) is 59.7 Å². The van der Waals surface area contributed by atoms with Crippen molar-refractivity contribution in [3.63, 3.8) is 0 Å². The maximum Gasteiger partial charge on any atom is 0.161 e. The number of hydrogen-bond donors (Lipinski definition) is 4. The average molecular weight is 577 g/mol. The van der Waals surface area contributed by atoms with E-state index in [-0.39, 0.29) is 0 Å². The van der Waals surface area contributed by atoms with Crippen molar-refractivity contribution in [1.82, 2.24) is 0 Å². The van der Waals surface area contributed by atoms with Crippen LogP contribution >= 0.6 is 0 Å². The zero-order valence-corrected chi connectivity index (χ0v) is 26.6. The Kier molecular flexibility index (Phi) is 11.7. The lowest BCUT2D eigenvalue weighted by molar-refractivity contribution is 0.0788. The van der Waals surface area contributed by atoms with Gasteiger partial charge in [0, 0.05) is 22.5 Å². The van der Waals surface area contributed by atoms with E-state index in [4.69, 9.17) is 20.9 Å². The lowest BCUT2D eigenvalue weighted by atomic mass is 9.87. The fraction of sp³-hybridized carbons (Fsp3) is 0.500. The lowest BCUT2D eigenvalue weighted by Crippen LogP contribution is -2.18. The normalized spacial score (nSPS) is 12.0. The molecule has 6 heteroatoms. The number of nitrogens with two attached hydrogens (primary N) is 2. The summed E-state index contributed by atoms with van der Waals surface area (Å²) in [5.41, 5.74) is 16.3. The fourth-order valence-electron chi connectivity index (χ4n) is 5.19. The van der Waals surface area contributed by atoms with Crippen LogP contribution in [0.25, 0.3) is 22.3 Å². The van der Waals surface area contributed by atoms with Crippen LogP contribution in [0.3, 0.4) is 0 Å². The average Bonchev–Trinajstić information content (AvgIpc) is 2.92. The molecule has 0 amide bonds. The third-order valence-corrected chi connectivity index (χ3v) is 7.64. The predicted octanol–water partition coefficient (Wildman–Crippen LogP) is 8.56. The predicted molar refractivity (Wildman–Crippen MR) is 176 cm³/mol. The van der Waals surface area contributed by atoms with Crippen LogP contribution in [0.4, 0.5) is 11.4 Å². The van der Waals surface area contributed by atoms with Gasteiger partial charge < -0.3 is 31.2 Å². The number of benzene rings is 3. The second-order valence-corrected chi connectivity index (χ2v) is 12.4. The van der Waals surface area contributed by atoms with Gasteiger partial charge in [0.2, 0.25) is 0 Å². The smallest absolute Gasteiger partial charge is 0.161 e. The molecule has 3 aromatic rings. The third-order valence-electron chi connectivity index (χ3n) is 7.64. The van der Waals surface area contributed by atoms with Gasteiger partial charge in [-0.05, 0) is 99.2 Å². The Bertz CT molecular complexity index is 1200. The van der Waals surface area contributed by atoms with Crippen LogP contribution in [0, 0.1) is 0 Å². The highest BCUT2D eigenvalue weighted by molar-refractivity contribution is 5.88. The van der Waals surface area contributed by atoms with E-state index in [0.29, 0.717) is 47.2 Å². The van der Waals surface area contributed by atoms with E-state index in [1.165, 1.54) is 25.7 Å². The summed E-state index contributed by atoms with van der Waals surface area (Å²) >= 11 is 0. The minimum Gasteiger partial charge on any atom is -0.490 e. The minimum atomic E-state index is -1.12. The highest BCUT2D eigenvalue weighted by atomic mass is 16.5. The molecule has 0 aliphatic carbocycles. The van der Waals surface area contributed by atoms with Gasteiger partial charge in [0.1, 0.15) is 0 Å². The monoisotopic (exact) mass is 576 g/mol. The van der Waals surface area contributed by atoms with Crippen LogP contribution < -0.4 is 20.9 Å². The van der Waals surface area contributed by atoms with Crippen LogP contribution in [-0.4, -0.2) is 23.4 Å². The molecule has 0 fully saturated rings. The van der Waals surface area contributed by atoms with Gasteiger partial charge in [-0.2, -0.15) is 0 Å². The summed E-state index contributed by atoms with van der Waals surface area (Å²) in [4.78, 5) is 0. The first-order valence-corrected chi connectivity index (χ1v) is 15.6. The minimum absolute atomic E-state index is 0.532. The molecule has 3 rings (SSSR count). The Morgan fingerprint density at radius 1 is 0.571 bits per heavy atom. The standard InChI is InChI=1S/C36H52N2O4/c1-7-9-11-13-19-41-33-23-27(25-15-17-31(37)29(21-25)35(3,4)39)28(24-34(33)42-20-14-12-10-8-2)26-16-18-32(38)30(22-26)36(5,6)40/h15-18,21-24,39-40H,7-14,19-20,37-38H2,1-6H3. The van der Waals surface area contributed by atoms with Gasteiger partial charge >= 0.3 is 0 Å². The first kappa shape index (κ1) is 33.3. The lowest BCUT2D eigenvalue weighted by Gasteiger charge is -2.24. The van der Waals surface area contributed by atoms with Crippen LogP contribution in [0.5, 0.6) is 11.5 Å². The molecule has 0 radical (unpaired) electrons. The van der Waals surface area contributed by atoms with Gasteiger partial charge in [0.05, 0.1) is 24.4 Å². The first-order valence-electron chi connectivity index (χ1n) is 15.6. The fourth-order valence-corrected chi connectivity index (χ4v) is 5.19. The molecule has 42 heavy (non-hydrogen) atoms. The molecular formula is C36H52N2O4. The molecule has 0 bridgehead atoms.